The van der Waals surface area contributed by atoms with Crippen molar-refractivity contribution in [2.45, 2.75) is 33.3 Å². The van der Waals surface area contributed by atoms with Crippen LogP contribution in [0.25, 0.3) is 0 Å². The Morgan fingerprint density at radius 1 is 1.50 bits per heavy atom. The highest BCUT2D eigenvalue weighted by molar-refractivity contribution is 9.10. The highest BCUT2D eigenvalue weighted by Crippen LogP contribution is 2.21. The van der Waals surface area contributed by atoms with Gasteiger partial charge in [-0.3, -0.25) is 0 Å². The predicted octanol–water partition coefficient (Wildman–Crippen LogP) is 3.38. The zero-order valence-corrected chi connectivity index (χ0v) is 11.9. The van der Waals surface area contributed by atoms with Crippen molar-refractivity contribution in [1.82, 2.24) is 4.98 Å². The SMILES string of the molecule is CCOC(C)(C)CNc1ncc(C)cc1Br. The van der Waals surface area contributed by atoms with E-state index < -0.39 is 0 Å². The van der Waals surface area contributed by atoms with Crippen LogP contribution in [0, 0.1) is 6.92 Å². The summed E-state index contributed by atoms with van der Waals surface area (Å²) >= 11 is 3.49. The van der Waals surface area contributed by atoms with E-state index in [0.29, 0.717) is 0 Å². The average molecular weight is 287 g/mol. The quantitative estimate of drug-likeness (QED) is 0.901. The van der Waals surface area contributed by atoms with Gasteiger partial charge in [-0.15, -0.1) is 0 Å². The fourth-order valence-corrected chi connectivity index (χ4v) is 2.01. The molecule has 1 aromatic heterocycles. The molecule has 1 aromatic rings. The summed E-state index contributed by atoms with van der Waals surface area (Å²) in [5, 5.41) is 3.28. The second-order valence-corrected chi connectivity index (χ2v) is 5.24. The fraction of sp³-hybridized carbons (Fsp3) is 0.583. The van der Waals surface area contributed by atoms with Crippen LogP contribution in [0.2, 0.25) is 0 Å². The van der Waals surface area contributed by atoms with E-state index in [4.69, 9.17) is 4.74 Å². The first-order valence-electron chi connectivity index (χ1n) is 5.44. The zero-order chi connectivity index (χ0) is 12.2. The number of aromatic nitrogens is 1. The molecule has 0 unspecified atom stereocenters. The minimum atomic E-state index is -0.180. The normalized spacial score (nSPS) is 11.6. The third-order valence-corrected chi connectivity index (χ3v) is 2.80. The highest BCUT2D eigenvalue weighted by atomic mass is 79.9. The predicted molar refractivity (Wildman–Crippen MR) is 70.9 cm³/mol. The molecule has 1 heterocycles. The first kappa shape index (κ1) is 13.5. The van der Waals surface area contributed by atoms with Crippen LogP contribution in [0.4, 0.5) is 5.82 Å². The lowest BCUT2D eigenvalue weighted by molar-refractivity contribution is 0.000634. The van der Waals surface area contributed by atoms with E-state index in [0.717, 1.165) is 29.0 Å². The molecule has 0 saturated carbocycles. The van der Waals surface area contributed by atoms with E-state index in [1.807, 2.05) is 26.1 Å². The highest BCUT2D eigenvalue weighted by Gasteiger charge is 2.17. The topological polar surface area (TPSA) is 34.1 Å². The first-order chi connectivity index (χ1) is 7.44. The number of nitrogens with one attached hydrogen (secondary N) is 1. The maximum atomic E-state index is 5.61. The maximum Gasteiger partial charge on any atom is 0.140 e. The maximum absolute atomic E-state index is 5.61. The molecule has 0 aliphatic carbocycles. The molecule has 0 fully saturated rings. The molecular formula is C12H19BrN2O. The Bertz CT molecular complexity index is 353. The smallest absolute Gasteiger partial charge is 0.140 e. The van der Waals surface area contributed by atoms with Crippen LogP contribution < -0.4 is 5.32 Å². The Balaban J connectivity index is 2.61. The molecule has 0 aliphatic rings. The number of anilines is 1. The van der Waals surface area contributed by atoms with Crippen LogP contribution in [0.5, 0.6) is 0 Å². The van der Waals surface area contributed by atoms with E-state index in [1.165, 1.54) is 0 Å². The summed E-state index contributed by atoms with van der Waals surface area (Å²) in [5.74, 6) is 0.860. The summed E-state index contributed by atoms with van der Waals surface area (Å²) in [6, 6.07) is 2.04. The Kier molecular flexibility index (Phi) is 4.74. The second kappa shape index (κ2) is 5.64. The average Bonchev–Trinajstić information content (AvgIpc) is 2.16. The third-order valence-electron chi connectivity index (χ3n) is 2.19. The number of hydrogen-bond donors (Lipinski definition) is 1. The Hall–Kier alpha value is -0.610. The van der Waals surface area contributed by atoms with Crippen molar-refractivity contribution in [3.05, 3.63) is 22.3 Å². The van der Waals surface area contributed by atoms with Gasteiger partial charge in [-0.1, -0.05) is 0 Å². The summed E-state index contributed by atoms with van der Waals surface area (Å²) in [6.07, 6.45) is 1.85. The van der Waals surface area contributed by atoms with Gasteiger partial charge in [0.05, 0.1) is 10.1 Å². The molecule has 0 spiro atoms. The molecule has 0 saturated heterocycles. The molecular weight excluding hydrogens is 268 g/mol. The van der Waals surface area contributed by atoms with E-state index >= 15 is 0 Å². The minimum Gasteiger partial charge on any atom is -0.374 e. The number of ether oxygens (including phenoxy) is 1. The van der Waals surface area contributed by atoms with Gasteiger partial charge in [0.25, 0.3) is 0 Å². The van der Waals surface area contributed by atoms with E-state index in [9.17, 15) is 0 Å². The number of halogens is 1. The number of aryl methyl sites for hydroxylation is 1. The van der Waals surface area contributed by atoms with Crippen molar-refractivity contribution in [3.8, 4) is 0 Å². The minimum absolute atomic E-state index is 0.180. The summed E-state index contributed by atoms with van der Waals surface area (Å²) < 4.78 is 6.59. The Morgan fingerprint density at radius 2 is 2.19 bits per heavy atom. The van der Waals surface area contributed by atoms with Gasteiger partial charge in [0.1, 0.15) is 5.82 Å². The molecule has 16 heavy (non-hydrogen) atoms. The lowest BCUT2D eigenvalue weighted by Crippen LogP contribution is -2.33. The van der Waals surface area contributed by atoms with Crippen molar-refractivity contribution in [2.24, 2.45) is 0 Å². The van der Waals surface area contributed by atoms with Crippen LogP contribution in [-0.2, 0) is 4.74 Å². The summed E-state index contributed by atoms with van der Waals surface area (Å²) in [4.78, 5) is 4.33. The van der Waals surface area contributed by atoms with Gasteiger partial charge >= 0.3 is 0 Å². The first-order valence-corrected chi connectivity index (χ1v) is 6.24. The van der Waals surface area contributed by atoms with Crippen molar-refractivity contribution < 1.29 is 4.74 Å². The van der Waals surface area contributed by atoms with Gasteiger partial charge in [0.15, 0.2) is 0 Å². The third kappa shape index (κ3) is 4.10. The van der Waals surface area contributed by atoms with E-state index in [2.05, 4.69) is 40.1 Å². The van der Waals surface area contributed by atoms with Crippen LogP contribution in [0.3, 0.4) is 0 Å². The Labute approximate surface area is 106 Å². The van der Waals surface area contributed by atoms with Gasteiger partial charge in [0, 0.05) is 19.3 Å². The van der Waals surface area contributed by atoms with Crippen molar-refractivity contribution in [3.63, 3.8) is 0 Å². The van der Waals surface area contributed by atoms with Crippen LogP contribution in [-0.4, -0.2) is 23.7 Å². The van der Waals surface area contributed by atoms with Gasteiger partial charge in [-0.25, -0.2) is 4.98 Å². The van der Waals surface area contributed by atoms with E-state index in [-0.39, 0.29) is 5.60 Å². The molecule has 3 nitrogen and oxygen atoms in total. The molecule has 0 bridgehead atoms. The van der Waals surface area contributed by atoms with Crippen LogP contribution in [0.15, 0.2) is 16.7 Å². The van der Waals surface area contributed by atoms with Crippen LogP contribution >= 0.6 is 15.9 Å². The molecule has 1 rings (SSSR count). The van der Waals surface area contributed by atoms with Gasteiger partial charge in [-0.05, 0) is 55.3 Å². The molecule has 0 atom stereocenters. The summed E-state index contributed by atoms with van der Waals surface area (Å²) in [6.45, 7) is 9.59. The molecule has 0 radical (unpaired) electrons. The van der Waals surface area contributed by atoms with Crippen molar-refractivity contribution >= 4 is 21.7 Å². The Morgan fingerprint density at radius 3 is 2.75 bits per heavy atom. The second-order valence-electron chi connectivity index (χ2n) is 4.39. The van der Waals surface area contributed by atoms with Crippen molar-refractivity contribution in [1.29, 1.82) is 0 Å². The molecule has 0 amide bonds. The lowest BCUT2D eigenvalue weighted by atomic mass is 10.1. The molecule has 0 aliphatic heterocycles. The van der Waals surface area contributed by atoms with Crippen molar-refractivity contribution in [2.75, 3.05) is 18.5 Å². The fourth-order valence-electron chi connectivity index (χ4n) is 1.40. The van der Waals surface area contributed by atoms with Gasteiger partial charge in [-0.2, -0.15) is 0 Å². The number of rotatable bonds is 5. The lowest BCUT2D eigenvalue weighted by Gasteiger charge is -2.25. The van der Waals surface area contributed by atoms with Gasteiger partial charge in [0.2, 0.25) is 0 Å². The van der Waals surface area contributed by atoms with Crippen LogP contribution in [0.1, 0.15) is 26.3 Å². The van der Waals surface area contributed by atoms with Gasteiger partial charge < -0.3 is 10.1 Å². The molecule has 0 aromatic carbocycles. The van der Waals surface area contributed by atoms with E-state index in [1.54, 1.807) is 0 Å². The standard InChI is InChI=1S/C12H19BrN2O/c1-5-16-12(3,4)8-15-11-10(13)6-9(2)7-14-11/h6-7H,5,8H2,1-4H3,(H,14,15). The molecule has 1 N–H and O–H groups in total. The number of nitrogens with zero attached hydrogens (tertiary/aromatic N) is 1. The summed E-state index contributed by atoms with van der Waals surface area (Å²) in [5.41, 5.74) is 0.960. The summed E-state index contributed by atoms with van der Waals surface area (Å²) in [7, 11) is 0. The zero-order valence-electron chi connectivity index (χ0n) is 10.3. The number of hydrogen-bond acceptors (Lipinski definition) is 3. The molecule has 4 heteroatoms. The largest absolute Gasteiger partial charge is 0.374 e. The molecule has 90 valence electrons. The number of pyridine rings is 1. The monoisotopic (exact) mass is 286 g/mol.